The Balaban J connectivity index is -0.0000000727. The minimum absolute atomic E-state index is 0. The molecule has 12 N–H and O–H groups in total. The van der Waals surface area contributed by atoms with Crippen molar-refractivity contribution in [3.8, 4) is 0 Å². The third kappa shape index (κ3) is 79.8. The third-order valence-corrected chi connectivity index (χ3v) is 1.83. The number of nitrogens with one attached hydrogen (secondary N) is 3. The van der Waals surface area contributed by atoms with E-state index >= 15 is 0 Å². The first-order chi connectivity index (χ1) is 11.7. The fraction of sp³-hybridized carbons (Fsp3) is 1.00. The molecule has 0 unspecified atom stereocenters. The second kappa shape index (κ2) is 49.7. The van der Waals surface area contributed by atoms with Crippen LogP contribution in [-0.2, 0) is 21.7 Å². The third-order valence-electron chi connectivity index (χ3n) is 1.83. The Morgan fingerprint density at radius 2 is 0.840 bits per heavy atom. The maximum Gasteiger partial charge on any atom is 0.0555 e. The van der Waals surface area contributed by atoms with Crippen molar-refractivity contribution in [2.24, 2.45) is 17.2 Å². The van der Waals surface area contributed by atoms with E-state index in [1.54, 1.807) is 6.92 Å². The summed E-state index contributed by atoms with van der Waals surface area (Å²) in [7, 11) is 0. The van der Waals surface area contributed by atoms with Crippen molar-refractivity contribution in [3.63, 3.8) is 0 Å². The van der Waals surface area contributed by atoms with Crippen LogP contribution in [0.2, 0.25) is 0 Å². The van der Waals surface area contributed by atoms with Crippen LogP contribution in [0.25, 0.3) is 0 Å². The van der Waals surface area contributed by atoms with Crippen LogP contribution in [0.15, 0.2) is 0 Å². The Labute approximate surface area is 167 Å². The molecule has 156 valence electrons. The maximum atomic E-state index is 8.93. The molecule has 0 aliphatic heterocycles. The number of hydrogen-bond donors (Lipinski definition) is 9. The van der Waals surface area contributed by atoms with E-state index in [0.717, 1.165) is 19.6 Å². The van der Waals surface area contributed by atoms with E-state index in [-0.39, 0.29) is 48.1 Å². The summed E-state index contributed by atoms with van der Waals surface area (Å²) in [5.74, 6) is 0. The fourth-order valence-electron chi connectivity index (χ4n) is 0.918. The van der Waals surface area contributed by atoms with Crippen LogP contribution in [0.4, 0.5) is 0 Å². The first-order valence-corrected chi connectivity index (χ1v) is 8.29. The summed E-state index contributed by atoms with van der Waals surface area (Å²) in [6.07, 6.45) is 0. The standard InChI is InChI=1S/3C4H12N2O.C2H5O.Ti/c3*5-1-2-6-3-4-7;1-2-3;/h3*6-7H,1-5H2;2H2,1H3;/q;;;-1;. The van der Waals surface area contributed by atoms with E-state index in [1.807, 2.05) is 0 Å². The van der Waals surface area contributed by atoms with Crippen LogP contribution < -0.4 is 38.3 Å². The van der Waals surface area contributed by atoms with Gasteiger partial charge >= 0.3 is 0 Å². The molecule has 0 rings (SSSR count). The molecule has 0 spiro atoms. The zero-order chi connectivity index (χ0) is 19.3. The van der Waals surface area contributed by atoms with E-state index in [0.29, 0.717) is 39.3 Å². The van der Waals surface area contributed by atoms with Crippen LogP contribution >= 0.6 is 0 Å². The predicted octanol–water partition coefficient (Wildman–Crippen LogP) is -5.05. The second-order valence-electron chi connectivity index (χ2n) is 4.08. The van der Waals surface area contributed by atoms with Gasteiger partial charge in [-0.25, -0.2) is 0 Å². The summed E-state index contributed by atoms with van der Waals surface area (Å²) in [4.78, 5) is 0. The van der Waals surface area contributed by atoms with Crippen molar-refractivity contribution >= 4 is 0 Å². The topological polar surface area (TPSA) is 198 Å². The van der Waals surface area contributed by atoms with Gasteiger partial charge in [-0.05, 0) is 0 Å². The van der Waals surface area contributed by atoms with Gasteiger partial charge in [0.05, 0.1) is 19.8 Å². The largest absolute Gasteiger partial charge is 0.855 e. The van der Waals surface area contributed by atoms with E-state index in [1.165, 1.54) is 0 Å². The number of hydrogen-bond acceptors (Lipinski definition) is 10. The Kier molecular flexibility index (Phi) is 72.0. The van der Waals surface area contributed by atoms with Gasteiger partial charge in [-0.15, -0.1) is 6.61 Å². The van der Waals surface area contributed by atoms with Crippen LogP contribution in [0.3, 0.4) is 0 Å². The van der Waals surface area contributed by atoms with Crippen LogP contribution in [-0.4, -0.2) is 101 Å². The van der Waals surface area contributed by atoms with Crippen LogP contribution in [0, 0.1) is 0 Å². The van der Waals surface area contributed by atoms with Gasteiger partial charge in [0.15, 0.2) is 0 Å². The minimum Gasteiger partial charge on any atom is -0.855 e. The van der Waals surface area contributed by atoms with Gasteiger partial charge in [0.25, 0.3) is 0 Å². The molecule has 0 bridgehead atoms. The van der Waals surface area contributed by atoms with E-state index in [2.05, 4.69) is 16.0 Å². The number of aliphatic hydroxyl groups is 3. The van der Waals surface area contributed by atoms with E-state index in [4.69, 9.17) is 37.6 Å². The van der Waals surface area contributed by atoms with Crippen molar-refractivity contribution in [2.45, 2.75) is 6.92 Å². The zero-order valence-corrected chi connectivity index (χ0v) is 17.2. The maximum absolute atomic E-state index is 8.93. The molecule has 0 saturated heterocycles. The van der Waals surface area contributed by atoms with Crippen molar-refractivity contribution < 1.29 is 42.1 Å². The second-order valence-corrected chi connectivity index (χ2v) is 4.08. The Morgan fingerprint density at radius 1 is 0.640 bits per heavy atom. The normalized spacial score (nSPS) is 8.64. The molecule has 0 heterocycles. The molecule has 0 aliphatic carbocycles. The van der Waals surface area contributed by atoms with Crippen molar-refractivity contribution in [2.75, 3.05) is 85.3 Å². The first-order valence-electron chi connectivity index (χ1n) is 8.29. The Bertz CT molecular complexity index is 132. The first kappa shape index (κ1) is 36.3. The summed E-state index contributed by atoms with van der Waals surface area (Å²) >= 11 is 0. The average molecular weight is 405 g/mol. The molecule has 0 atom stereocenters. The monoisotopic (exact) mass is 405 g/mol. The Hall–Kier alpha value is 0.314. The molecule has 10 nitrogen and oxygen atoms in total. The summed E-state index contributed by atoms with van der Waals surface area (Å²) < 4.78 is 0. The zero-order valence-electron chi connectivity index (χ0n) is 15.7. The Morgan fingerprint density at radius 3 is 0.960 bits per heavy atom. The smallest absolute Gasteiger partial charge is 0.0555 e. The molecule has 0 aliphatic rings. The minimum atomic E-state index is 0. The SMILES string of the molecule is CC[O-].NCCNCCO.NCCNCCO.NCCNCCO.[Ti]. The fourth-order valence-corrected chi connectivity index (χ4v) is 0.918. The number of aliphatic hydroxyl groups excluding tert-OH is 3. The van der Waals surface area contributed by atoms with Gasteiger partial charge in [-0.2, -0.15) is 0 Å². The number of nitrogens with two attached hydrogens (primary N) is 3. The van der Waals surface area contributed by atoms with E-state index in [9.17, 15) is 0 Å². The molecule has 0 aromatic rings. The predicted molar refractivity (Wildman–Crippen MR) is 97.6 cm³/mol. The summed E-state index contributed by atoms with van der Waals surface area (Å²) in [6.45, 7) is 8.40. The molecular formula is C14H41N6O4Ti-. The quantitative estimate of drug-likeness (QED) is 0.112. The van der Waals surface area contributed by atoms with Crippen molar-refractivity contribution in [1.82, 2.24) is 16.0 Å². The summed E-state index contributed by atoms with van der Waals surface area (Å²) in [5.41, 5.74) is 15.4. The molecule has 0 aromatic carbocycles. The molecule has 0 fully saturated rings. The van der Waals surface area contributed by atoms with Crippen molar-refractivity contribution in [1.29, 1.82) is 0 Å². The molecular weight excluding hydrogens is 364 g/mol. The van der Waals surface area contributed by atoms with Crippen molar-refractivity contribution in [3.05, 3.63) is 0 Å². The van der Waals surface area contributed by atoms with E-state index < -0.39 is 0 Å². The summed E-state index contributed by atoms with van der Waals surface area (Å²) in [6, 6.07) is 0. The van der Waals surface area contributed by atoms with Gasteiger partial charge in [0.2, 0.25) is 0 Å². The van der Waals surface area contributed by atoms with Gasteiger partial charge < -0.3 is 53.6 Å². The molecule has 0 aromatic heterocycles. The number of rotatable bonds is 12. The van der Waals surface area contributed by atoms with Crippen LogP contribution in [0.1, 0.15) is 6.92 Å². The molecule has 11 heteroatoms. The average Bonchev–Trinajstić information content (AvgIpc) is 2.58. The molecule has 0 radical (unpaired) electrons. The molecule has 25 heavy (non-hydrogen) atoms. The molecule has 0 amide bonds. The van der Waals surface area contributed by atoms with Gasteiger partial charge in [-0.1, -0.05) is 6.92 Å². The summed E-state index contributed by atoms with van der Waals surface area (Å²) in [5, 5.41) is 42.2. The van der Waals surface area contributed by atoms with Crippen LogP contribution in [0.5, 0.6) is 0 Å². The van der Waals surface area contributed by atoms with Gasteiger partial charge in [0.1, 0.15) is 0 Å². The van der Waals surface area contributed by atoms with Gasteiger partial charge in [-0.3, -0.25) is 0 Å². The van der Waals surface area contributed by atoms with Gasteiger partial charge in [0, 0.05) is 80.6 Å². The molecule has 0 saturated carbocycles.